The van der Waals surface area contributed by atoms with Crippen LogP contribution in [0.5, 0.6) is 0 Å². The molecule has 0 aromatic carbocycles. The second-order valence-corrected chi connectivity index (χ2v) is 7.93. The van der Waals surface area contributed by atoms with Crippen LogP contribution in [-0.4, -0.2) is 12.1 Å². The topological polar surface area (TPSA) is 26.3 Å². The van der Waals surface area contributed by atoms with Gasteiger partial charge >= 0.3 is 5.97 Å². The van der Waals surface area contributed by atoms with E-state index in [9.17, 15) is 4.79 Å². The zero-order chi connectivity index (χ0) is 13.8. The maximum Gasteiger partial charge on any atom is 0.350 e. The highest BCUT2D eigenvalue weighted by Gasteiger charge is 2.62. The Morgan fingerprint density at radius 2 is 2.21 bits per heavy atom. The maximum atomic E-state index is 12.2. The van der Waals surface area contributed by atoms with Crippen molar-refractivity contribution in [3.05, 3.63) is 21.3 Å². The minimum Gasteiger partial charge on any atom is -0.458 e. The standard InChI is InChI=1S/C15H19ClO2S/c1-14(2)9-4-6-15(14,3)11(8-9)18-13(17)12-10(16)5-7-19-12/h5,7,9,11H,4,6,8H2,1-3H3. The number of esters is 1. The van der Waals surface area contributed by atoms with Crippen molar-refractivity contribution in [1.29, 1.82) is 0 Å². The Hall–Kier alpha value is -0.540. The smallest absolute Gasteiger partial charge is 0.350 e. The minimum absolute atomic E-state index is 0.0342. The number of ether oxygens (including phenoxy) is 1. The monoisotopic (exact) mass is 298 g/mol. The molecule has 0 radical (unpaired) electrons. The second kappa shape index (κ2) is 4.23. The number of thiophene rings is 1. The summed E-state index contributed by atoms with van der Waals surface area (Å²) >= 11 is 7.35. The highest BCUT2D eigenvalue weighted by atomic mass is 35.5. The molecule has 0 aliphatic heterocycles. The summed E-state index contributed by atoms with van der Waals surface area (Å²) < 4.78 is 5.80. The van der Waals surface area contributed by atoms with E-state index in [1.165, 1.54) is 17.8 Å². The molecule has 2 bridgehead atoms. The summed E-state index contributed by atoms with van der Waals surface area (Å²) in [7, 11) is 0. The average molecular weight is 299 g/mol. The molecule has 0 amide bonds. The van der Waals surface area contributed by atoms with Gasteiger partial charge in [-0.3, -0.25) is 0 Å². The maximum absolute atomic E-state index is 12.2. The van der Waals surface area contributed by atoms with E-state index < -0.39 is 0 Å². The summed E-state index contributed by atoms with van der Waals surface area (Å²) in [5.74, 6) is 0.420. The Kier molecular flexibility index (Phi) is 2.99. The van der Waals surface area contributed by atoms with Gasteiger partial charge in [0.25, 0.3) is 0 Å². The van der Waals surface area contributed by atoms with Gasteiger partial charge < -0.3 is 4.74 Å². The third-order valence-electron chi connectivity index (χ3n) is 5.77. The predicted octanol–water partition coefficient (Wildman–Crippen LogP) is 4.77. The number of hydrogen-bond donors (Lipinski definition) is 0. The number of halogens is 1. The summed E-state index contributed by atoms with van der Waals surface area (Å²) in [6.45, 7) is 6.90. The SMILES string of the molecule is CC1(C)C2CCC1(C)C(OC(=O)c1sccc1Cl)C2. The van der Waals surface area contributed by atoms with Gasteiger partial charge in [0.1, 0.15) is 11.0 Å². The first kappa shape index (κ1) is 13.4. The minimum atomic E-state index is -0.255. The predicted molar refractivity (Wildman–Crippen MR) is 77.8 cm³/mol. The van der Waals surface area contributed by atoms with Crippen LogP contribution >= 0.6 is 22.9 Å². The zero-order valence-electron chi connectivity index (χ0n) is 11.5. The molecule has 0 saturated heterocycles. The highest BCUT2D eigenvalue weighted by Crippen LogP contribution is 2.66. The molecule has 2 fully saturated rings. The average Bonchev–Trinajstić information content (AvgIpc) is 2.90. The van der Waals surface area contributed by atoms with Gasteiger partial charge in [-0.1, -0.05) is 32.4 Å². The number of carbonyl (C=O) groups excluding carboxylic acids is 1. The molecule has 3 atom stereocenters. The molecule has 1 aromatic rings. The lowest BCUT2D eigenvalue weighted by Crippen LogP contribution is -2.38. The molecule has 0 N–H and O–H groups in total. The molecule has 19 heavy (non-hydrogen) atoms. The van der Waals surface area contributed by atoms with Crippen LogP contribution in [0.4, 0.5) is 0 Å². The van der Waals surface area contributed by atoms with E-state index in [1.807, 2.05) is 5.38 Å². The molecular weight excluding hydrogens is 280 g/mol. The van der Waals surface area contributed by atoms with Crippen molar-refractivity contribution < 1.29 is 9.53 Å². The van der Waals surface area contributed by atoms with Crippen LogP contribution < -0.4 is 0 Å². The molecule has 4 heteroatoms. The molecule has 2 nitrogen and oxygen atoms in total. The number of hydrogen-bond acceptors (Lipinski definition) is 3. The van der Waals surface area contributed by atoms with E-state index in [0.29, 0.717) is 15.8 Å². The molecule has 0 spiro atoms. The van der Waals surface area contributed by atoms with E-state index >= 15 is 0 Å². The molecule has 3 rings (SSSR count). The molecule has 1 aromatic heterocycles. The van der Waals surface area contributed by atoms with Crippen LogP contribution in [0.25, 0.3) is 0 Å². The molecule has 2 aliphatic carbocycles. The van der Waals surface area contributed by atoms with Crippen LogP contribution in [0.1, 0.15) is 49.7 Å². The van der Waals surface area contributed by atoms with Crippen molar-refractivity contribution >= 4 is 28.9 Å². The lowest BCUT2D eigenvalue weighted by molar-refractivity contribution is -0.0238. The molecule has 2 saturated carbocycles. The van der Waals surface area contributed by atoms with Crippen LogP contribution in [0.2, 0.25) is 5.02 Å². The van der Waals surface area contributed by atoms with Crippen LogP contribution in [0, 0.1) is 16.7 Å². The molecular formula is C15H19ClO2S. The normalized spacial score (nSPS) is 35.6. The van der Waals surface area contributed by atoms with E-state index in [4.69, 9.17) is 16.3 Å². The Morgan fingerprint density at radius 3 is 2.68 bits per heavy atom. The fraction of sp³-hybridized carbons (Fsp3) is 0.667. The second-order valence-electron chi connectivity index (χ2n) is 6.60. The first-order valence-electron chi connectivity index (χ1n) is 6.80. The molecule has 2 aliphatic rings. The van der Waals surface area contributed by atoms with Gasteiger partial charge in [-0.25, -0.2) is 4.79 Å². The van der Waals surface area contributed by atoms with Gasteiger partial charge in [-0.05, 0) is 42.0 Å². The van der Waals surface area contributed by atoms with Gasteiger partial charge in [0.15, 0.2) is 0 Å². The van der Waals surface area contributed by atoms with Gasteiger partial charge in [0, 0.05) is 5.41 Å². The van der Waals surface area contributed by atoms with Crippen molar-refractivity contribution in [2.45, 2.75) is 46.1 Å². The molecule has 3 unspecified atom stereocenters. The van der Waals surface area contributed by atoms with Gasteiger partial charge in [-0.15, -0.1) is 11.3 Å². The summed E-state index contributed by atoms with van der Waals surface area (Å²) in [4.78, 5) is 12.7. The fourth-order valence-corrected chi connectivity index (χ4v) is 4.94. The Labute approximate surface area is 123 Å². The summed E-state index contributed by atoms with van der Waals surface area (Å²) in [6, 6.07) is 1.75. The fourth-order valence-electron chi connectivity index (χ4n) is 3.93. The van der Waals surface area contributed by atoms with E-state index in [0.717, 1.165) is 12.8 Å². The van der Waals surface area contributed by atoms with Crippen molar-refractivity contribution in [3.63, 3.8) is 0 Å². The van der Waals surface area contributed by atoms with Gasteiger partial charge in [-0.2, -0.15) is 0 Å². The number of rotatable bonds is 2. The summed E-state index contributed by atoms with van der Waals surface area (Å²) in [5, 5.41) is 2.33. The van der Waals surface area contributed by atoms with Crippen molar-refractivity contribution in [2.75, 3.05) is 0 Å². The van der Waals surface area contributed by atoms with E-state index in [2.05, 4.69) is 20.8 Å². The van der Waals surface area contributed by atoms with Crippen molar-refractivity contribution in [3.8, 4) is 0 Å². The van der Waals surface area contributed by atoms with E-state index in [1.54, 1.807) is 6.07 Å². The molecule has 1 heterocycles. The Morgan fingerprint density at radius 1 is 1.47 bits per heavy atom. The highest BCUT2D eigenvalue weighted by molar-refractivity contribution is 7.12. The summed E-state index contributed by atoms with van der Waals surface area (Å²) in [5.41, 5.74) is 0.369. The van der Waals surface area contributed by atoms with Crippen LogP contribution in [0.15, 0.2) is 11.4 Å². The zero-order valence-corrected chi connectivity index (χ0v) is 13.1. The first-order chi connectivity index (χ1) is 8.86. The van der Waals surface area contributed by atoms with Gasteiger partial charge in [0.05, 0.1) is 5.02 Å². The van der Waals surface area contributed by atoms with Crippen LogP contribution in [0.3, 0.4) is 0 Å². The number of fused-ring (bicyclic) bond motifs is 2. The van der Waals surface area contributed by atoms with Gasteiger partial charge in [0.2, 0.25) is 0 Å². The van der Waals surface area contributed by atoms with E-state index in [-0.39, 0.29) is 22.9 Å². The molecule has 104 valence electrons. The lowest BCUT2D eigenvalue weighted by atomic mass is 9.70. The van der Waals surface area contributed by atoms with Crippen LogP contribution in [-0.2, 0) is 4.74 Å². The third-order valence-corrected chi connectivity index (χ3v) is 7.09. The Balaban J connectivity index is 1.79. The summed E-state index contributed by atoms with van der Waals surface area (Å²) in [6.07, 6.45) is 3.45. The number of carbonyl (C=O) groups is 1. The van der Waals surface area contributed by atoms with Crippen molar-refractivity contribution in [1.82, 2.24) is 0 Å². The quantitative estimate of drug-likeness (QED) is 0.735. The largest absolute Gasteiger partial charge is 0.458 e. The Bertz CT molecular complexity index is 522. The lowest BCUT2D eigenvalue weighted by Gasteiger charge is -2.38. The van der Waals surface area contributed by atoms with Crippen molar-refractivity contribution in [2.24, 2.45) is 16.7 Å². The first-order valence-corrected chi connectivity index (χ1v) is 8.06. The third kappa shape index (κ3) is 1.78.